The highest BCUT2D eigenvalue weighted by molar-refractivity contribution is 6.35. The fraction of sp³-hybridized carbons (Fsp3) is 0.231. The Morgan fingerprint density at radius 2 is 0.857 bits per heavy atom. The number of hydrogen-bond donors (Lipinski definition) is 0. The molecule has 11 rings (SSSR count). The Hall–Kier alpha value is -7.40. The minimum absolute atomic E-state index is 0.0192. The first-order valence-corrected chi connectivity index (χ1v) is 22.0. The highest BCUT2D eigenvalue weighted by Gasteiger charge is 2.47. The molecular weight excluding hydrogens is 791 g/mol. The summed E-state index contributed by atoms with van der Waals surface area (Å²) < 4.78 is 0. The van der Waals surface area contributed by atoms with E-state index < -0.39 is 35.4 Å². The highest BCUT2D eigenvalue weighted by atomic mass is 16.2. The lowest BCUT2D eigenvalue weighted by Crippen LogP contribution is -2.58. The van der Waals surface area contributed by atoms with Crippen molar-refractivity contribution in [2.75, 3.05) is 42.5 Å². The SMILES string of the molecule is CCCCCCCCN1C(=O)c2ccc3c4c(ccc(c24)C1=O)C(=O)N(N1C(=O)c2cccc4c(N5CCN(c6c7ccccc7cc7ccccc67)CC5)ccc(c24)C1=O)C3=O. The van der Waals surface area contributed by atoms with Gasteiger partial charge in [-0.2, -0.15) is 10.0 Å². The molecule has 11 nitrogen and oxygen atoms in total. The summed E-state index contributed by atoms with van der Waals surface area (Å²) in [5.74, 6) is -4.33. The van der Waals surface area contributed by atoms with E-state index in [1.165, 1.54) is 56.4 Å². The molecule has 0 atom stereocenters. The number of amides is 6. The lowest BCUT2D eigenvalue weighted by molar-refractivity contribution is 0.00212. The van der Waals surface area contributed by atoms with E-state index in [2.05, 4.69) is 71.3 Å². The normalized spacial score (nSPS) is 16.2. The third kappa shape index (κ3) is 5.78. The van der Waals surface area contributed by atoms with Crippen LogP contribution in [0.4, 0.5) is 11.4 Å². The summed E-state index contributed by atoms with van der Waals surface area (Å²) in [4.78, 5) is 91.6. The molecule has 4 aliphatic heterocycles. The number of unbranched alkanes of at least 4 members (excludes halogenated alkanes) is 5. The molecular formula is C52H43N5O6. The first kappa shape index (κ1) is 38.5. The summed E-state index contributed by atoms with van der Waals surface area (Å²) in [5, 5.41) is 7.69. The second kappa shape index (κ2) is 14.9. The van der Waals surface area contributed by atoms with Crippen molar-refractivity contribution in [3.05, 3.63) is 143 Å². The maximum absolute atomic E-state index is 14.5. The van der Waals surface area contributed by atoms with Crippen molar-refractivity contribution >= 4 is 89.9 Å². The number of hydrazine groups is 1. The number of fused-ring (bicyclic) bond motifs is 2. The molecule has 11 heteroatoms. The van der Waals surface area contributed by atoms with Crippen LogP contribution in [0.25, 0.3) is 43.1 Å². The summed E-state index contributed by atoms with van der Waals surface area (Å²) in [6.07, 6.45) is 5.97. The zero-order chi connectivity index (χ0) is 43.1. The lowest BCUT2D eigenvalue weighted by atomic mass is 9.86. The van der Waals surface area contributed by atoms with Gasteiger partial charge in [0.2, 0.25) is 0 Å². The summed E-state index contributed by atoms with van der Waals surface area (Å²) in [6.45, 7) is 5.32. The van der Waals surface area contributed by atoms with Crippen LogP contribution < -0.4 is 9.80 Å². The van der Waals surface area contributed by atoms with E-state index in [0.717, 1.165) is 56.3 Å². The Kier molecular flexibility index (Phi) is 9.11. The standard InChI is InChI=1S/C52H43N5O6/c1-2-3-4-5-6-11-25-55-47(58)38-19-21-40-45-41(22-20-39(44(38)45)48(55)59)52(63)57(51(40)62)56-49(60)36-18-12-17-35-42(24-23-37(43(35)36)50(56)61)53-26-28-54(29-27-53)46-33-15-9-7-13-31(33)30-32-14-8-10-16-34(32)46/h7-10,12-24,30H,2-6,11,25-29H2,1H3. The fourth-order valence-corrected chi connectivity index (χ4v) is 10.4. The predicted octanol–water partition coefficient (Wildman–Crippen LogP) is 9.39. The Morgan fingerprint density at radius 3 is 1.43 bits per heavy atom. The van der Waals surface area contributed by atoms with Crippen LogP contribution in [0.15, 0.2) is 109 Å². The van der Waals surface area contributed by atoms with Gasteiger partial charge in [-0.25, -0.2) is 0 Å². The van der Waals surface area contributed by atoms with Crippen LogP contribution in [0, 0.1) is 0 Å². The Bertz CT molecular complexity index is 3040. The third-order valence-corrected chi connectivity index (χ3v) is 13.4. The van der Waals surface area contributed by atoms with Gasteiger partial charge in [0, 0.05) is 81.9 Å². The van der Waals surface area contributed by atoms with Crippen molar-refractivity contribution in [1.82, 2.24) is 14.9 Å². The van der Waals surface area contributed by atoms with Gasteiger partial charge in [-0.3, -0.25) is 33.7 Å². The van der Waals surface area contributed by atoms with Gasteiger partial charge in [-0.15, -0.1) is 0 Å². The van der Waals surface area contributed by atoms with Crippen molar-refractivity contribution < 1.29 is 28.8 Å². The monoisotopic (exact) mass is 833 g/mol. The summed E-state index contributed by atoms with van der Waals surface area (Å²) in [6, 6.07) is 33.9. The molecule has 0 aromatic heterocycles. The minimum Gasteiger partial charge on any atom is -0.367 e. The molecule has 7 aromatic carbocycles. The molecule has 0 spiro atoms. The topological polar surface area (TPSA) is 119 Å². The van der Waals surface area contributed by atoms with Gasteiger partial charge in [-0.1, -0.05) is 99.7 Å². The van der Waals surface area contributed by atoms with Gasteiger partial charge >= 0.3 is 0 Å². The molecule has 4 heterocycles. The van der Waals surface area contributed by atoms with E-state index in [1.54, 1.807) is 18.2 Å². The van der Waals surface area contributed by atoms with E-state index >= 15 is 0 Å². The maximum Gasteiger partial charge on any atom is 0.281 e. The molecule has 0 unspecified atom stereocenters. The van der Waals surface area contributed by atoms with Crippen LogP contribution in [0.5, 0.6) is 0 Å². The molecule has 0 N–H and O–H groups in total. The first-order valence-electron chi connectivity index (χ1n) is 22.0. The second-order valence-corrected chi connectivity index (χ2v) is 16.9. The van der Waals surface area contributed by atoms with E-state index in [1.807, 2.05) is 12.1 Å². The van der Waals surface area contributed by atoms with E-state index in [9.17, 15) is 28.8 Å². The summed E-state index contributed by atoms with van der Waals surface area (Å²) >= 11 is 0. The second-order valence-electron chi connectivity index (χ2n) is 16.9. The predicted molar refractivity (Wildman–Crippen MR) is 244 cm³/mol. The molecule has 0 saturated carbocycles. The fourth-order valence-electron chi connectivity index (χ4n) is 10.4. The highest BCUT2D eigenvalue weighted by Crippen LogP contribution is 2.42. The number of rotatable bonds is 10. The van der Waals surface area contributed by atoms with E-state index in [-0.39, 0.29) is 50.7 Å². The number of imide groups is 3. The molecule has 63 heavy (non-hydrogen) atoms. The third-order valence-electron chi connectivity index (χ3n) is 13.4. The van der Waals surface area contributed by atoms with Gasteiger partial charge in [0.05, 0.1) is 27.9 Å². The van der Waals surface area contributed by atoms with Gasteiger partial charge < -0.3 is 9.80 Å². The van der Waals surface area contributed by atoms with Crippen molar-refractivity contribution in [1.29, 1.82) is 0 Å². The van der Waals surface area contributed by atoms with Crippen LogP contribution in [0.3, 0.4) is 0 Å². The zero-order valence-electron chi connectivity index (χ0n) is 34.9. The molecule has 1 saturated heterocycles. The molecule has 1 fully saturated rings. The van der Waals surface area contributed by atoms with Gasteiger partial charge in [0.15, 0.2) is 0 Å². The van der Waals surface area contributed by atoms with Crippen molar-refractivity contribution in [2.24, 2.45) is 0 Å². The average Bonchev–Trinajstić information content (AvgIpc) is 3.31. The molecule has 312 valence electrons. The number of hydrogen-bond acceptors (Lipinski definition) is 8. The van der Waals surface area contributed by atoms with Gasteiger partial charge in [0.25, 0.3) is 35.4 Å². The molecule has 0 radical (unpaired) electrons. The Labute approximate surface area is 363 Å². The maximum atomic E-state index is 14.5. The van der Waals surface area contributed by atoms with Crippen LogP contribution in [0.2, 0.25) is 0 Å². The van der Waals surface area contributed by atoms with E-state index in [4.69, 9.17) is 0 Å². The van der Waals surface area contributed by atoms with Gasteiger partial charge in [0.1, 0.15) is 0 Å². The molecule has 4 aliphatic rings. The number of nitrogens with zero attached hydrogens (tertiary/aromatic N) is 5. The number of benzene rings is 7. The first-order chi connectivity index (χ1) is 30.8. The summed E-state index contributed by atoms with van der Waals surface area (Å²) in [5.41, 5.74) is 3.00. The quantitative estimate of drug-likeness (QED) is 0.0760. The van der Waals surface area contributed by atoms with Crippen LogP contribution in [0.1, 0.15) is 108 Å². The molecule has 6 amide bonds. The van der Waals surface area contributed by atoms with E-state index in [0.29, 0.717) is 34.9 Å². The number of carbonyl (C=O) groups excluding carboxylic acids is 6. The molecule has 7 aromatic rings. The molecule has 0 aliphatic carbocycles. The number of piperazine rings is 1. The largest absolute Gasteiger partial charge is 0.367 e. The molecule has 0 bridgehead atoms. The van der Waals surface area contributed by atoms with Crippen LogP contribution >= 0.6 is 0 Å². The van der Waals surface area contributed by atoms with Crippen molar-refractivity contribution in [3.63, 3.8) is 0 Å². The number of carbonyl (C=O) groups is 6. The smallest absolute Gasteiger partial charge is 0.281 e. The average molecular weight is 834 g/mol. The van der Waals surface area contributed by atoms with Crippen molar-refractivity contribution in [3.8, 4) is 0 Å². The van der Waals surface area contributed by atoms with Crippen LogP contribution in [-0.2, 0) is 0 Å². The Balaban J connectivity index is 0.880. The van der Waals surface area contributed by atoms with Gasteiger partial charge in [-0.05, 0) is 65.7 Å². The zero-order valence-corrected chi connectivity index (χ0v) is 34.9. The lowest BCUT2D eigenvalue weighted by Gasteiger charge is -2.40. The number of anilines is 2. The minimum atomic E-state index is -0.892. The summed E-state index contributed by atoms with van der Waals surface area (Å²) in [7, 11) is 0. The van der Waals surface area contributed by atoms with Crippen LogP contribution in [-0.4, -0.2) is 83.1 Å². The van der Waals surface area contributed by atoms with Crippen molar-refractivity contribution in [2.45, 2.75) is 45.4 Å². The Morgan fingerprint density at radius 1 is 0.413 bits per heavy atom.